The molecule has 12 heteroatoms. The number of nitrogens with one attached hydrogen (secondary N) is 2. The van der Waals surface area contributed by atoms with Gasteiger partial charge in [-0.15, -0.1) is 0 Å². The first-order chi connectivity index (χ1) is 19.1. The summed E-state index contributed by atoms with van der Waals surface area (Å²) in [5.74, 6) is -0.397. The summed E-state index contributed by atoms with van der Waals surface area (Å²) in [7, 11) is 0. The van der Waals surface area contributed by atoms with Crippen molar-refractivity contribution in [3.63, 3.8) is 0 Å². The molecule has 0 spiro atoms. The lowest BCUT2D eigenvalue weighted by molar-refractivity contribution is -0.137. The third kappa shape index (κ3) is 6.34. The lowest BCUT2D eigenvalue weighted by Gasteiger charge is -2.39. The Balaban J connectivity index is 1.06. The lowest BCUT2D eigenvalue weighted by atomic mass is 9.78. The topological polar surface area (TPSA) is 112 Å². The summed E-state index contributed by atoms with van der Waals surface area (Å²) in [6.45, 7) is 1.15. The third-order valence-corrected chi connectivity index (χ3v) is 7.80. The van der Waals surface area contributed by atoms with Crippen molar-refractivity contribution in [1.29, 1.82) is 0 Å². The van der Waals surface area contributed by atoms with Crippen LogP contribution in [0.15, 0.2) is 61.3 Å². The number of likely N-dealkylation sites (tertiary alicyclic amines) is 1. The molecular weight excluding hydrogens is 525 g/mol. The number of hydrogen-bond acceptors (Lipinski definition) is 6. The Hall–Kier alpha value is -3.77. The van der Waals surface area contributed by atoms with Crippen LogP contribution in [0.1, 0.15) is 53.6 Å². The number of aliphatic hydroxyl groups is 1. The lowest BCUT2D eigenvalue weighted by Crippen LogP contribution is -2.45. The molecule has 0 unspecified atom stereocenters. The quantitative estimate of drug-likeness (QED) is 0.413. The van der Waals surface area contributed by atoms with E-state index in [0.29, 0.717) is 25.4 Å². The molecule has 212 valence electrons. The fraction of sp³-hybridized carbons (Fsp3) is 0.429. The molecule has 2 amide bonds. The van der Waals surface area contributed by atoms with Crippen molar-refractivity contribution in [1.82, 2.24) is 30.1 Å². The van der Waals surface area contributed by atoms with E-state index in [0.717, 1.165) is 55.4 Å². The van der Waals surface area contributed by atoms with Crippen LogP contribution in [-0.2, 0) is 16.6 Å². The number of nitrogens with zero attached hydrogens (tertiary/aromatic N) is 4. The van der Waals surface area contributed by atoms with Gasteiger partial charge in [0.2, 0.25) is 5.91 Å². The van der Waals surface area contributed by atoms with E-state index in [1.165, 1.54) is 6.07 Å². The molecule has 40 heavy (non-hydrogen) atoms. The van der Waals surface area contributed by atoms with Crippen molar-refractivity contribution in [2.45, 2.75) is 56.0 Å². The standard InChI is InChI=1S/C28H31F3N6O3/c29-28(30,31)20-3-1-2-19(14-20)26(39)34-16-25(38)35-22-8-12-36(17-22)23-6-9-27(40,10-7-23)21-4-5-24(33-15-21)37-13-11-32-18-37/h1-5,11,13-15,18,22-23,40H,6-10,12,16-17H2,(H,34,39)(H,35,38)/t22-,23?,27?/m1/s1. The van der Waals surface area contributed by atoms with E-state index in [1.54, 1.807) is 23.3 Å². The van der Waals surface area contributed by atoms with Gasteiger partial charge in [-0.3, -0.25) is 19.1 Å². The fourth-order valence-corrected chi connectivity index (χ4v) is 5.56. The molecule has 1 aromatic carbocycles. The van der Waals surface area contributed by atoms with E-state index in [2.05, 4.69) is 25.5 Å². The molecular formula is C28H31F3N6O3. The van der Waals surface area contributed by atoms with Gasteiger partial charge in [0, 0.05) is 54.9 Å². The van der Waals surface area contributed by atoms with Crippen molar-refractivity contribution in [2.75, 3.05) is 19.6 Å². The van der Waals surface area contributed by atoms with E-state index in [9.17, 15) is 27.9 Å². The first-order valence-corrected chi connectivity index (χ1v) is 13.3. The highest BCUT2D eigenvalue weighted by Gasteiger charge is 2.39. The maximum Gasteiger partial charge on any atom is 0.416 e. The van der Waals surface area contributed by atoms with Crippen molar-refractivity contribution in [3.8, 4) is 5.82 Å². The Morgan fingerprint density at radius 2 is 1.93 bits per heavy atom. The molecule has 0 bridgehead atoms. The Morgan fingerprint density at radius 1 is 1.12 bits per heavy atom. The highest BCUT2D eigenvalue weighted by Crippen LogP contribution is 2.39. The van der Waals surface area contributed by atoms with Crippen LogP contribution >= 0.6 is 0 Å². The minimum atomic E-state index is -4.55. The van der Waals surface area contributed by atoms with Gasteiger partial charge in [-0.05, 0) is 56.4 Å². The molecule has 3 aromatic rings. The van der Waals surface area contributed by atoms with Gasteiger partial charge in [-0.2, -0.15) is 13.2 Å². The maximum atomic E-state index is 12.9. The minimum Gasteiger partial charge on any atom is -0.385 e. The Bertz CT molecular complexity index is 1320. The van der Waals surface area contributed by atoms with Crippen molar-refractivity contribution in [2.24, 2.45) is 0 Å². The number of halogens is 3. The molecule has 5 rings (SSSR count). The highest BCUT2D eigenvalue weighted by atomic mass is 19.4. The van der Waals surface area contributed by atoms with Crippen LogP contribution < -0.4 is 10.6 Å². The number of carbonyl (C=O) groups is 2. The summed E-state index contributed by atoms with van der Waals surface area (Å²) >= 11 is 0. The zero-order valence-electron chi connectivity index (χ0n) is 21.8. The molecule has 1 saturated heterocycles. The number of alkyl halides is 3. The second kappa shape index (κ2) is 11.4. The molecule has 3 N–H and O–H groups in total. The van der Waals surface area contributed by atoms with Crippen molar-refractivity contribution >= 4 is 11.8 Å². The van der Waals surface area contributed by atoms with Crippen molar-refractivity contribution in [3.05, 3.63) is 78.0 Å². The van der Waals surface area contributed by atoms with Gasteiger partial charge in [0.1, 0.15) is 12.1 Å². The molecule has 1 saturated carbocycles. The molecule has 1 aliphatic carbocycles. The monoisotopic (exact) mass is 556 g/mol. The van der Waals surface area contributed by atoms with Gasteiger partial charge >= 0.3 is 6.18 Å². The fourth-order valence-electron chi connectivity index (χ4n) is 5.56. The average molecular weight is 557 g/mol. The minimum absolute atomic E-state index is 0.0845. The number of pyridine rings is 1. The molecule has 0 radical (unpaired) electrons. The summed E-state index contributed by atoms with van der Waals surface area (Å²) in [5, 5.41) is 16.6. The number of hydrogen-bond donors (Lipinski definition) is 3. The summed E-state index contributed by atoms with van der Waals surface area (Å²) in [6.07, 6.45) is 5.94. The molecule has 2 aromatic heterocycles. The number of amides is 2. The summed E-state index contributed by atoms with van der Waals surface area (Å²) < 4.78 is 40.5. The number of rotatable bonds is 7. The zero-order valence-corrected chi connectivity index (χ0v) is 21.8. The van der Waals surface area contributed by atoms with Crippen molar-refractivity contribution < 1.29 is 27.9 Å². The summed E-state index contributed by atoms with van der Waals surface area (Å²) in [4.78, 5) is 35.5. The Morgan fingerprint density at radius 3 is 2.60 bits per heavy atom. The predicted octanol–water partition coefficient (Wildman–Crippen LogP) is 3.04. The number of imidazole rings is 1. The summed E-state index contributed by atoms with van der Waals surface area (Å²) in [6, 6.07) is 8.08. The smallest absolute Gasteiger partial charge is 0.385 e. The Kier molecular flexibility index (Phi) is 7.90. The molecule has 1 aliphatic heterocycles. The highest BCUT2D eigenvalue weighted by molar-refractivity contribution is 5.96. The van der Waals surface area contributed by atoms with Crippen LogP contribution in [0.25, 0.3) is 5.82 Å². The van der Waals surface area contributed by atoms with Crippen LogP contribution in [0, 0.1) is 0 Å². The van der Waals surface area contributed by atoms with E-state index in [1.807, 2.05) is 18.3 Å². The number of carbonyl (C=O) groups excluding carboxylic acids is 2. The third-order valence-electron chi connectivity index (χ3n) is 7.80. The largest absolute Gasteiger partial charge is 0.416 e. The van der Waals surface area contributed by atoms with Gasteiger partial charge in [-0.25, -0.2) is 9.97 Å². The van der Waals surface area contributed by atoms with Gasteiger partial charge in [0.05, 0.1) is 17.7 Å². The maximum absolute atomic E-state index is 12.9. The number of benzene rings is 1. The first kappa shape index (κ1) is 27.8. The van der Waals surface area contributed by atoms with Crippen LogP contribution in [0.2, 0.25) is 0 Å². The van der Waals surface area contributed by atoms with Gasteiger partial charge in [0.15, 0.2) is 0 Å². The van der Waals surface area contributed by atoms with Crippen LogP contribution in [0.4, 0.5) is 13.2 Å². The molecule has 3 heterocycles. The van der Waals surface area contributed by atoms with Gasteiger partial charge in [-0.1, -0.05) is 12.1 Å². The molecule has 2 fully saturated rings. The molecule has 2 aliphatic rings. The zero-order chi connectivity index (χ0) is 28.3. The van der Waals surface area contributed by atoms with Crippen LogP contribution in [-0.4, -0.2) is 68.1 Å². The van der Waals surface area contributed by atoms with E-state index in [-0.39, 0.29) is 18.2 Å². The van der Waals surface area contributed by atoms with Crippen LogP contribution in [0.5, 0.6) is 0 Å². The SMILES string of the molecule is O=C(CNC(=O)c1cccc(C(F)(F)F)c1)N[C@@H]1CCN(C2CCC(O)(c3ccc(-n4ccnc4)nc3)CC2)C1. The normalized spacial score (nSPS) is 23.6. The molecule has 1 atom stereocenters. The predicted molar refractivity (Wildman–Crippen MR) is 139 cm³/mol. The van der Waals surface area contributed by atoms with Crippen LogP contribution in [0.3, 0.4) is 0 Å². The average Bonchev–Trinajstić information content (AvgIpc) is 3.65. The van der Waals surface area contributed by atoms with Gasteiger partial charge in [0.25, 0.3) is 5.91 Å². The molecule has 9 nitrogen and oxygen atoms in total. The first-order valence-electron chi connectivity index (χ1n) is 13.3. The second-order valence-corrected chi connectivity index (χ2v) is 10.4. The van der Waals surface area contributed by atoms with E-state index >= 15 is 0 Å². The van der Waals surface area contributed by atoms with Gasteiger partial charge < -0.3 is 15.7 Å². The van der Waals surface area contributed by atoms with E-state index < -0.39 is 29.2 Å². The second-order valence-electron chi connectivity index (χ2n) is 10.4. The van der Waals surface area contributed by atoms with E-state index in [4.69, 9.17) is 0 Å². The summed E-state index contributed by atoms with van der Waals surface area (Å²) in [5.41, 5.74) is -1.20. The number of aromatic nitrogens is 3. The Labute approximate surface area is 229 Å².